The van der Waals surface area contributed by atoms with Crippen molar-refractivity contribution in [2.45, 2.75) is 78.7 Å². The summed E-state index contributed by atoms with van der Waals surface area (Å²) in [5, 5.41) is 11.1. The lowest BCUT2D eigenvalue weighted by Crippen LogP contribution is -2.43. The third kappa shape index (κ3) is 3.85. The molecule has 0 aliphatic carbocycles. The summed E-state index contributed by atoms with van der Waals surface area (Å²) in [5.41, 5.74) is 4.98. The fourth-order valence-electron chi connectivity index (χ4n) is 4.53. The molecule has 0 fully saturated rings. The van der Waals surface area contributed by atoms with Crippen molar-refractivity contribution in [1.82, 2.24) is 9.97 Å². The number of anilines is 1. The summed E-state index contributed by atoms with van der Waals surface area (Å²) in [6, 6.07) is 8.05. The van der Waals surface area contributed by atoms with Gasteiger partial charge >= 0.3 is 6.09 Å². The lowest BCUT2D eigenvalue weighted by atomic mass is 9.78. The molecular weight excluding hydrogens is 414 g/mol. The third-order valence-corrected chi connectivity index (χ3v) is 6.42. The van der Waals surface area contributed by atoms with Gasteiger partial charge in [0.15, 0.2) is 0 Å². The topological polar surface area (TPSA) is 78.5 Å². The minimum absolute atomic E-state index is 0.228. The Labute approximate surface area is 196 Å². The molecule has 1 aromatic heterocycles. The zero-order chi connectivity index (χ0) is 24.5. The third-order valence-electron chi connectivity index (χ3n) is 6.42. The maximum atomic E-state index is 12.5. The molecule has 1 aliphatic rings. The van der Waals surface area contributed by atoms with Gasteiger partial charge in [0.1, 0.15) is 17.2 Å². The lowest BCUT2D eigenvalue weighted by molar-refractivity contribution is 0.0354. The molecule has 176 valence electrons. The highest BCUT2D eigenvalue weighted by molar-refractivity contribution is 5.96. The lowest BCUT2D eigenvalue weighted by Gasteiger charge is -2.38. The number of ether oxygens (including phenoxy) is 1. The second kappa shape index (κ2) is 7.24. The quantitative estimate of drug-likeness (QED) is 0.454. The van der Waals surface area contributed by atoms with E-state index in [9.17, 15) is 9.90 Å². The number of aromatic nitrogens is 2. The van der Waals surface area contributed by atoms with Gasteiger partial charge in [0.05, 0.1) is 16.7 Å². The fraction of sp³-hybridized carbons (Fsp3) is 0.481. The van der Waals surface area contributed by atoms with Gasteiger partial charge < -0.3 is 14.8 Å². The Hall–Kier alpha value is -3.02. The molecule has 0 saturated carbocycles. The first-order chi connectivity index (χ1) is 15.1. The van der Waals surface area contributed by atoms with Crippen molar-refractivity contribution in [3.05, 3.63) is 41.0 Å². The largest absolute Gasteiger partial charge is 0.507 e. The summed E-state index contributed by atoms with van der Waals surface area (Å²) >= 11 is 0. The molecule has 2 aromatic carbocycles. The number of carbonyl (C=O) groups is 1. The molecule has 6 heteroatoms. The van der Waals surface area contributed by atoms with E-state index >= 15 is 0 Å². The average Bonchev–Trinajstić information content (AvgIpc) is 3.08. The number of cyclic esters (lactones) is 1. The number of imidazole rings is 1. The minimum Gasteiger partial charge on any atom is -0.507 e. The first kappa shape index (κ1) is 23.1. The summed E-state index contributed by atoms with van der Waals surface area (Å²) in [7, 11) is 0. The highest BCUT2D eigenvalue weighted by Gasteiger charge is 2.38. The Balaban J connectivity index is 1.94. The molecule has 2 N–H and O–H groups in total. The van der Waals surface area contributed by atoms with Crippen LogP contribution in [-0.2, 0) is 21.2 Å². The molecule has 0 unspecified atom stereocenters. The molecule has 4 rings (SSSR count). The van der Waals surface area contributed by atoms with Crippen LogP contribution in [0.2, 0.25) is 0 Å². The molecule has 33 heavy (non-hydrogen) atoms. The number of carbonyl (C=O) groups excluding carboxylic acids is 1. The van der Waals surface area contributed by atoms with Crippen molar-refractivity contribution >= 4 is 22.8 Å². The van der Waals surface area contributed by atoms with Gasteiger partial charge in [-0.25, -0.2) is 9.78 Å². The van der Waals surface area contributed by atoms with Crippen LogP contribution in [0.1, 0.15) is 79.0 Å². The molecule has 1 aliphatic heterocycles. The monoisotopic (exact) mass is 449 g/mol. The van der Waals surface area contributed by atoms with Gasteiger partial charge in [0, 0.05) is 28.8 Å². The number of H-pyrrole nitrogens is 1. The predicted octanol–water partition coefficient (Wildman–Crippen LogP) is 6.74. The van der Waals surface area contributed by atoms with Gasteiger partial charge in [-0.2, -0.15) is 0 Å². The van der Waals surface area contributed by atoms with E-state index in [0.29, 0.717) is 12.3 Å². The summed E-state index contributed by atoms with van der Waals surface area (Å²) in [5.74, 6) is 1.08. The summed E-state index contributed by atoms with van der Waals surface area (Å²) in [4.78, 5) is 22.5. The number of rotatable bonds is 2. The maximum Gasteiger partial charge on any atom is 0.415 e. The average molecular weight is 450 g/mol. The van der Waals surface area contributed by atoms with E-state index in [-0.39, 0.29) is 16.9 Å². The van der Waals surface area contributed by atoms with Crippen LogP contribution < -0.4 is 4.90 Å². The Bertz CT molecular complexity index is 1220. The number of aromatic amines is 1. The first-order valence-corrected chi connectivity index (χ1v) is 11.6. The number of nitrogens with zero attached hydrogens (tertiary/aromatic N) is 2. The summed E-state index contributed by atoms with van der Waals surface area (Å²) in [6.45, 7) is 18.9. The highest BCUT2D eigenvalue weighted by Crippen LogP contribution is 2.43. The van der Waals surface area contributed by atoms with Crippen LogP contribution in [0.4, 0.5) is 10.5 Å². The van der Waals surface area contributed by atoms with Crippen molar-refractivity contribution < 1.29 is 14.6 Å². The van der Waals surface area contributed by atoms with E-state index in [4.69, 9.17) is 9.72 Å². The zero-order valence-electron chi connectivity index (χ0n) is 21.2. The molecule has 1 amide bonds. The number of hydrogen-bond acceptors (Lipinski definition) is 4. The van der Waals surface area contributed by atoms with E-state index in [1.807, 2.05) is 45.0 Å². The zero-order valence-corrected chi connectivity index (χ0v) is 21.2. The molecule has 2 heterocycles. The van der Waals surface area contributed by atoms with E-state index in [1.165, 1.54) is 0 Å². The number of amides is 1. The number of fused-ring (bicyclic) bond motifs is 2. The standard InChI is InChI=1S/C27H35N3O3/c1-10-30-21-14-20-19(13-16(21)27(8,9)33-24(30)32)28-23(29-20)15-11-17(25(2,3)4)22(31)18(12-15)26(5,6)7/h11-14,31H,10H2,1-9H3,(H,28,29). The minimum atomic E-state index is -0.727. The molecule has 0 atom stereocenters. The number of hydrogen-bond donors (Lipinski definition) is 2. The summed E-state index contributed by atoms with van der Waals surface area (Å²) in [6.07, 6.45) is -0.340. The molecule has 0 radical (unpaired) electrons. The normalized spacial score (nSPS) is 16.2. The van der Waals surface area contributed by atoms with Crippen LogP contribution in [0, 0.1) is 0 Å². The van der Waals surface area contributed by atoms with E-state index in [0.717, 1.165) is 44.8 Å². The Morgan fingerprint density at radius 2 is 1.61 bits per heavy atom. The van der Waals surface area contributed by atoms with Gasteiger partial charge in [-0.05, 0) is 55.9 Å². The molecular formula is C27H35N3O3. The van der Waals surface area contributed by atoms with Crippen LogP contribution >= 0.6 is 0 Å². The second-order valence-electron chi connectivity index (χ2n) is 11.5. The fourth-order valence-corrected chi connectivity index (χ4v) is 4.53. The van der Waals surface area contributed by atoms with Crippen LogP contribution in [-0.4, -0.2) is 27.7 Å². The van der Waals surface area contributed by atoms with Gasteiger partial charge in [0.25, 0.3) is 0 Å². The first-order valence-electron chi connectivity index (χ1n) is 11.6. The van der Waals surface area contributed by atoms with Gasteiger partial charge in [-0.1, -0.05) is 41.5 Å². The predicted molar refractivity (Wildman–Crippen MR) is 133 cm³/mol. The Morgan fingerprint density at radius 1 is 1.03 bits per heavy atom. The second-order valence-corrected chi connectivity index (χ2v) is 11.5. The smallest absolute Gasteiger partial charge is 0.415 e. The number of aromatic hydroxyl groups is 1. The van der Waals surface area contributed by atoms with Crippen molar-refractivity contribution in [2.75, 3.05) is 11.4 Å². The summed E-state index contributed by atoms with van der Waals surface area (Å²) < 4.78 is 5.69. The van der Waals surface area contributed by atoms with Gasteiger partial charge in [0.2, 0.25) is 0 Å². The van der Waals surface area contributed by atoms with Crippen LogP contribution in [0.15, 0.2) is 24.3 Å². The van der Waals surface area contributed by atoms with Crippen molar-refractivity contribution in [3.8, 4) is 17.1 Å². The van der Waals surface area contributed by atoms with E-state index in [1.54, 1.807) is 4.90 Å². The molecule has 0 saturated heterocycles. The van der Waals surface area contributed by atoms with E-state index in [2.05, 4.69) is 46.5 Å². The number of phenols is 1. The Kier molecular flexibility index (Phi) is 5.08. The highest BCUT2D eigenvalue weighted by atomic mass is 16.6. The van der Waals surface area contributed by atoms with Crippen LogP contribution in [0.3, 0.4) is 0 Å². The molecule has 3 aromatic rings. The van der Waals surface area contributed by atoms with Crippen molar-refractivity contribution in [2.24, 2.45) is 0 Å². The number of phenolic OH excluding ortho intramolecular Hbond substituents is 1. The van der Waals surface area contributed by atoms with Gasteiger partial charge in [-0.15, -0.1) is 0 Å². The number of benzene rings is 2. The van der Waals surface area contributed by atoms with Gasteiger partial charge in [-0.3, -0.25) is 4.90 Å². The van der Waals surface area contributed by atoms with Crippen LogP contribution in [0.5, 0.6) is 5.75 Å². The van der Waals surface area contributed by atoms with Crippen molar-refractivity contribution in [1.29, 1.82) is 0 Å². The Morgan fingerprint density at radius 3 is 2.12 bits per heavy atom. The maximum absolute atomic E-state index is 12.5. The van der Waals surface area contributed by atoms with E-state index < -0.39 is 5.60 Å². The molecule has 0 bridgehead atoms. The SMILES string of the molecule is CCN1C(=O)OC(C)(C)c2cc3[nH]c(-c4cc(C(C)(C)C)c(O)c(C(C)(C)C)c4)nc3cc21. The van der Waals surface area contributed by atoms with Crippen molar-refractivity contribution in [3.63, 3.8) is 0 Å². The molecule has 6 nitrogen and oxygen atoms in total. The van der Waals surface area contributed by atoms with Crippen LogP contribution in [0.25, 0.3) is 22.4 Å². The number of nitrogens with one attached hydrogen (secondary N) is 1. The molecule has 0 spiro atoms.